The number of pyridine rings is 1. The number of fused-ring (bicyclic) bond motifs is 1. The largest absolute Gasteiger partial charge is 0.459 e. The fraction of sp³-hybridized carbons (Fsp3) is 0.778. The van der Waals surface area contributed by atoms with Gasteiger partial charge in [-0.2, -0.15) is 0 Å². The number of likely N-dealkylation sites (tertiary alicyclic amines) is 1. The van der Waals surface area contributed by atoms with Gasteiger partial charge in [0.25, 0.3) is 0 Å². The lowest BCUT2D eigenvalue weighted by Crippen LogP contribution is -2.51. The lowest BCUT2D eigenvalue weighted by molar-refractivity contribution is -0.155. The van der Waals surface area contributed by atoms with Crippen LogP contribution >= 0.6 is 0 Å². The molecule has 1 aromatic rings. The highest BCUT2D eigenvalue weighted by Crippen LogP contribution is 2.38. The third-order valence-electron chi connectivity index (χ3n) is 9.91. The Morgan fingerprint density at radius 2 is 1.36 bits per heavy atom. The number of piperazine rings is 1. The van der Waals surface area contributed by atoms with Gasteiger partial charge in [-0.15, -0.1) is 0 Å². The molecular formula is C36H58N4O4. The van der Waals surface area contributed by atoms with Crippen molar-refractivity contribution in [2.24, 2.45) is 11.8 Å². The third-order valence-corrected chi connectivity index (χ3v) is 9.91. The van der Waals surface area contributed by atoms with Crippen LogP contribution in [0.1, 0.15) is 122 Å². The predicted octanol–water partition coefficient (Wildman–Crippen LogP) is 6.77. The molecule has 0 aromatic carbocycles. The van der Waals surface area contributed by atoms with E-state index < -0.39 is 6.10 Å². The van der Waals surface area contributed by atoms with Crippen LogP contribution in [0.25, 0.3) is 0 Å². The number of anilines is 1. The number of unbranched alkanes of at least 4 members (excludes halogenated alkanes) is 12. The summed E-state index contributed by atoms with van der Waals surface area (Å²) in [7, 11) is 0. The molecule has 4 rings (SSSR count). The second-order valence-electron chi connectivity index (χ2n) is 13.4. The number of carbonyl (C=O) groups excluding carboxylic acids is 3. The molecule has 2 amide bonds. The minimum atomic E-state index is -0.501. The molecule has 1 saturated carbocycles. The number of hydrogen-bond acceptors (Lipinski definition) is 7. The van der Waals surface area contributed by atoms with E-state index in [1.165, 1.54) is 69.1 Å². The topological polar surface area (TPSA) is 83.1 Å². The minimum absolute atomic E-state index is 0.0581. The molecular weight excluding hydrogens is 552 g/mol. The van der Waals surface area contributed by atoms with Crippen LogP contribution in [-0.2, 0) is 19.1 Å². The van der Waals surface area contributed by atoms with Crippen LogP contribution in [0, 0.1) is 11.8 Å². The van der Waals surface area contributed by atoms with Crippen molar-refractivity contribution in [2.45, 2.75) is 129 Å². The monoisotopic (exact) mass is 610 g/mol. The first-order valence-electron chi connectivity index (χ1n) is 18.0. The molecule has 1 aliphatic carbocycles. The Hall–Kier alpha value is -2.48. The van der Waals surface area contributed by atoms with Gasteiger partial charge in [0.2, 0.25) is 11.8 Å². The highest BCUT2D eigenvalue weighted by atomic mass is 16.5. The number of imide groups is 1. The zero-order chi connectivity index (χ0) is 31.0. The third kappa shape index (κ3) is 10.8. The average molecular weight is 611 g/mol. The first-order valence-corrected chi connectivity index (χ1v) is 18.0. The summed E-state index contributed by atoms with van der Waals surface area (Å²) in [5, 5.41) is 0. The molecule has 3 aliphatic rings. The Morgan fingerprint density at radius 3 is 1.91 bits per heavy atom. The van der Waals surface area contributed by atoms with Gasteiger partial charge in [0.15, 0.2) is 0 Å². The van der Waals surface area contributed by atoms with Gasteiger partial charge in [0.1, 0.15) is 11.9 Å². The average Bonchev–Trinajstić information content (AvgIpc) is 3.28. The van der Waals surface area contributed by atoms with Gasteiger partial charge in [-0.25, -0.2) is 4.98 Å². The molecule has 0 spiro atoms. The molecule has 8 nitrogen and oxygen atoms in total. The molecule has 2 aliphatic heterocycles. The molecule has 3 unspecified atom stereocenters. The van der Waals surface area contributed by atoms with E-state index >= 15 is 0 Å². The van der Waals surface area contributed by atoms with Crippen LogP contribution in [0.5, 0.6) is 0 Å². The molecule has 246 valence electrons. The second-order valence-corrected chi connectivity index (χ2v) is 13.4. The van der Waals surface area contributed by atoms with Crippen molar-refractivity contribution in [3.05, 3.63) is 24.4 Å². The van der Waals surface area contributed by atoms with E-state index in [-0.39, 0.29) is 36.2 Å². The van der Waals surface area contributed by atoms with Crippen molar-refractivity contribution in [2.75, 3.05) is 44.2 Å². The lowest BCUT2D eigenvalue weighted by Gasteiger charge is -2.37. The lowest BCUT2D eigenvalue weighted by atomic mass is 9.81. The first kappa shape index (κ1) is 34.4. The zero-order valence-corrected chi connectivity index (χ0v) is 27.4. The number of carbonyl (C=O) groups is 3. The molecule has 44 heavy (non-hydrogen) atoms. The summed E-state index contributed by atoms with van der Waals surface area (Å²) in [6.07, 6.45) is 21.7. The summed E-state index contributed by atoms with van der Waals surface area (Å²) in [5.74, 6) is 0.292. The molecule has 0 bridgehead atoms. The van der Waals surface area contributed by atoms with Gasteiger partial charge in [-0.3, -0.25) is 24.2 Å². The van der Waals surface area contributed by atoms with Crippen molar-refractivity contribution in [1.29, 1.82) is 0 Å². The summed E-state index contributed by atoms with van der Waals surface area (Å²) in [5.41, 5.74) is 0. The summed E-state index contributed by atoms with van der Waals surface area (Å²) in [4.78, 5) is 49.9. The Morgan fingerprint density at radius 1 is 0.795 bits per heavy atom. The summed E-state index contributed by atoms with van der Waals surface area (Å²) in [6.45, 7) is 6.28. The highest BCUT2D eigenvalue weighted by Gasteiger charge is 2.48. The number of aromatic nitrogens is 1. The van der Waals surface area contributed by atoms with E-state index in [1.54, 1.807) is 0 Å². The zero-order valence-electron chi connectivity index (χ0n) is 27.4. The van der Waals surface area contributed by atoms with E-state index in [0.29, 0.717) is 13.0 Å². The molecule has 0 N–H and O–H groups in total. The van der Waals surface area contributed by atoms with Crippen LogP contribution in [0.15, 0.2) is 24.4 Å². The Bertz CT molecular complexity index is 973. The van der Waals surface area contributed by atoms with Gasteiger partial charge >= 0.3 is 5.97 Å². The highest BCUT2D eigenvalue weighted by molar-refractivity contribution is 6.05. The van der Waals surface area contributed by atoms with Crippen LogP contribution in [-0.4, -0.2) is 77.9 Å². The fourth-order valence-corrected chi connectivity index (χ4v) is 7.27. The van der Waals surface area contributed by atoms with E-state index in [1.807, 2.05) is 24.4 Å². The molecule has 3 atom stereocenters. The van der Waals surface area contributed by atoms with Gasteiger partial charge in [0.05, 0.1) is 18.4 Å². The molecule has 1 aromatic heterocycles. The fourth-order valence-electron chi connectivity index (χ4n) is 7.27. The predicted molar refractivity (Wildman–Crippen MR) is 175 cm³/mol. The molecule has 8 heteroatoms. The smallest absolute Gasteiger partial charge is 0.306 e. The standard InChI is InChI=1S/C36H58N4O4/c1-2-3-4-5-6-7-8-9-10-11-12-13-14-22-34(41)44-30(29-40-35(42)31-19-15-16-20-32(31)36(40)43)28-38-24-26-39(27-25-38)33-21-17-18-23-37-33/h17-18,21,23,30-32H,2-16,19-20,22,24-29H2,1H3. The summed E-state index contributed by atoms with van der Waals surface area (Å²) >= 11 is 0. The van der Waals surface area contributed by atoms with Crippen LogP contribution in [0.3, 0.4) is 0 Å². The first-order chi connectivity index (χ1) is 21.6. The maximum Gasteiger partial charge on any atom is 0.306 e. The summed E-state index contributed by atoms with van der Waals surface area (Å²) < 4.78 is 6.03. The minimum Gasteiger partial charge on any atom is -0.459 e. The van der Waals surface area contributed by atoms with Crippen LogP contribution in [0.2, 0.25) is 0 Å². The Balaban J connectivity index is 1.18. The number of rotatable bonds is 20. The second kappa shape index (κ2) is 19.1. The van der Waals surface area contributed by atoms with Crippen LogP contribution < -0.4 is 4.90 Å². The molecule has 0 radical (unpaired) electrons. The Kier molecular flexibility index (Phi) is 15.0. The molecule has 3 fully saturated rings. The number of nitrogens with zero attached hydrogens (tertiary/aromatic N) is 4. The number of amides is 2. The maximum absolute atomic E-state index is 13.2. The Labute approximate surface area is 266 Å². The quantitative estimate of drug-likeness (QED) is 0.0915. The van der Waals surface area contributed by atoms with Crippen LogP contribution in [0.4, 0.5) is 5.82 Å². The van der Waals surface area contributed by atoms with Crippen molar-refractivity contribution in [3.8, 4) is 0 Å². The molecule has 2 saturated heterocycles. The van der Waals surface area contributed by atoms with Gasteiger partial charge in [-0.05, 0) is 31.4 Å². The van der Waals surface area contributed by atoms with E-state index in [4.69, 9.17) is 4.74 Å². The van der Waals surface area contributed by atoms with Crippen molar-refractivity contribution in [3.63, 3.8) is 0 Å². The van der Waals surface area contributed by atoms with Crippen molar-refractivity contribution < 1.29 is 19.1 Å². The summed E-state index contributed by atoms with van der Waals surface area (Å²) in [6, 6.07) is 5.96. The maximum atomic E-state index is 13.2. The normalized spacial score (nSPS) is 21.5. The van der Waals surface area contributed by atoms with E-state index in [9.17, 15) is 14.4 Å². The van der Waals surface area contributed by atoms with E-state index in [0.717, 1.165) is 76.9 Å². The van der Waals surface area contributed by atoms with Gasteiger partial charge < -0.3 is 9.64 Å². The number of ether oxygens (including phenoxy) is 1. The van der Waals surface area contributed by atoms with Crippen molar-refractivity contribution in [1.82, 2.24) is 14.8 Å². The van der Waals surface area contributed by atoms with Gasteiger partial charge in [-0.1, -0.05) is 103 Å². The molecule has 3 heterocycles. The van der Waals surface area contributed by atoms with Crippen molar-refractivity contribution >= 4 is 23.6 Å². The number of hydrogen-bond donors (Lipinski definition) is 0. The van der Waals surface area contributed by atoms with E-state index in [2.05, 4.69) is 21.7 Å². The SMILES string of the molecule is CCCCCCCCCCCCCCCC(=O)OC(CN1CCN(c2ccccn2)CC1)CN1C(=O)C2CCCCC2C1=O. The number of esters is 1. The van der Waals surface area contributed by atoms with Gasteiger partial charge in [0, 0.05) is 45.3 Å².